The fraction of sp³-hybridized carbons (Fsp3) is 0.250. The van der Waals surface area contributed by atoms with Crippen molar-refractivity contribution in [1.29, 1.82) is 0 Å². The summed E-state index contributed by atoms with van der Waals surface area (Å²) in [5.74, 6) is 0.678. The van der Waals surface area contributed by atoms with E-state index in [-0.39, 0.29) is 0 Å². The second-order valence-corrected chi connectivity index (χ2v) is 2.03. The van der Waals surface area contributed by atoms with E-state index in [0.717, 1.165) is 5.56 Å². The quantitative estimate of drug-likeness (QED) is 0.571. The van der Waals surface area contributed by atoms with E-state index in [2.05, 4.69) is 0 Å². The summed E-state index contributed by atoms with van der Waals surface area (Å²) in [5, 5.41) is 10.0. The van der Waals surface area contributed by atoms with Gasteiger partial charge in [0.25, 0.3) is 0 Å². The number of rotatable bonds is 2. The topological polar surface area (TPSA) is 29.1 Å². The van der Waals surface area contributed by atoms with Gasteiger partial charge in [-0.2, -0.15) is 5.11 Å². The molecule has 53 valence electrons. The largest absolute Gasteiger partial charge is 0.464 e. The number of para-hydroxylation sites is 1. The first-order valence-electron chi connectivity index (χ1n) is 3.11. The third-order valence-electron chi connectivity index (χ3n) is 1.31. The van der Waals surface area contributed by atoms with Gasteiger partial charge in [0.1, 0.15) is 5.75 Å². The molecule has 0 aliphatic rings. The maximum atomic E-state index is 10.0. The Balaban J connectivity index is 2.81. The Hall–Kier alpha value is -1.02. The van der Waals surface area contributed by atoms with E-state index in [1.54, 1.807) is 6.07 Å². The van der Waals surface area contributed by atoms with Gasteiger partial charge >= 0.3 is 0 Å². The van der Waals surface area contributed by atoms with Crippen LogP contribution in [0.15, 0.2) is 24.3 Å². The van der Waals surface area contributed by atoms with Gasteiger partial charge < -0.3 is 4.74 Å². The van der Waals surface area contributed by atoms with Crippen molar-refractivity contribution in [1.82, 2.24) is 0 Å². The molecule has 1 rings (SSSR count). The van der Waals surface area contributed by atoms with Gasteiger partial charge in [-0.3, -0.25) is 0 Å². The molecule has 1 aromatic rings. The number of benzene rings is 1. The molecule has 1 radical (unpaired) electrons. The molecular weight excluding hydrogens is 128 g/mol. The molecule has 10 heavy (non-hydrogen) atoms. The molecule has 0 spiro atoms. The minimum Gasteiger partial charge on any atom is -0.464 e. The van der Waals surface area contributed by atoms with Crippen LogP contribution < -0.4 is 4.74 Å². The third kappa shape index (κ3) is 1.48. The predicted molar refractivity (Wildman–Crippen MR) is 37.4 cm³/mol. The van der Waals surface area contributed by atoms with Gasteiger partial charge in [0.15, 0.2) is 0 Å². The molecule has 0 fully saturated rings. The van der Waals surface area contributed by atoms with E-state index in [4.69, 9.17) is 4.74 Å². The summed E-state index contributed by atoms with van der Waals surface area (Å²) in [7, 11) is 0. The normalized spacial score (nSPS) is 9.40. The van der Waals surface area contributed by atoms with Gasteiger partial charge in [0.05, 0.1) is 0 Å². The lowest BCUT2D eigenvalue weighted by molar-refractivity contribution is 0.0371. The average molecular weight is 137 g/mol. The third-order valence-corrected chi connectivity index (χ3v) is 1.31. The van der Waals surface area contributed by atoms with Crippen molar-refractivity contribution in [3.8, 4) is 5.75 Å². The highest BCUT2D eigenvalue weighted by Gasteiger charge is 1.94. The summed E-state index contributed by atoms with van der Waals surface area (Å²) in [6.07, 6.45) is 0. The summed E-state index contributed by atoms with van der Waals surface area (Å²) in [5.41, 5.74) is 0.998. The van der Waals surface area contributed by atoms with Gasteiger partial charge in [-0.25, -0.2) is 0 Å². The second kappa shape index (κ2) is 3.22. The van der Waals surface area contributed by atoms with Crippen LogP contribution in [0.2, 0.25) is 0 Å². The lowest BCUT2D eigenvalue weighted by Crippen LogP contribution is -1.94. The molecule has 0 aliphatic carbocycles. The van der Waals surface area contributed by atoms with Crippen LogP contribution >= 0.6 is 0 Å². The van der Waals surface area contributed by atoms with Crippen molar-refractivity contribution >= 4 is 0 Å². The zero-order chi connectivity index (χ0) is 7.40. The molecular formula is C8H9O2. The number of aryl methyl sites for hydroxylation is 1. The Morgan fingerprint density at radius 2 is 2.10 bits per heavy atom. The fourth-order valence-electron chi connectivity index (χ4n) is 0.782. The van der Waals surface area contributed by atoms with Gasteiger partial charge in [-0.1, -0.05) is 18.2 Å². The molecule has 0 N–H and O–H groups in total. The van der Waals surface area contributed by atoms with E-state index in [0.29, 0.717) is 5.75 Å². The maximum absolute atomic E-state index is 10.0. The molecule has 0 saturated heterocycles. The van der Waals surface area contributed by atoms with Crippen molar-refractivity contribution in [3.05, 3.63) is 29.8 Å². The van der Waals surface area contributed by atoms with Crippen LogP contribution in [0.5, 0.6) is 5.75 Å². The highest BCUT2D eigenvalue weighted by Crippen LogP contribution is 2.15. The van der Waals surface area contributed by atoms with Crippen molar-refractivity contribution in [2.45, 2.75) is 6.92 Å². The van der Waals surface area contributed by atoms with Gasteiger partial charge in [0.2, 0.25) is 6.79 Å². The minimum atomic E-state index is -0.509. The van der Waals surface area contributed by atoms with Crippen LogP contribution in [0.25, 0.3) is 0 Å². The molecule has 0 saturated carbocycles. The van der Waals surface area contributed by atoms with Crippen LogP contribution in [-0.4, -0.2) is 6.79 Å². The first-order chi connectivity index (χ1) is 4.84. The Morgan fingerprint density at radius 1 is 1.40 bits per heavy atom. The lowest BCUT2D eigenvalue weighted by Gasteiger charge is -2.02. The first-order valence-corrected chi connectivity index (χ1v) is 3.11. The molecule has 0 heterocycles. The smallest absolute Gasteiger partial charge is 0.221 e. The molecule has 0 amide bonds. The van der Waals surface area contributed by atoms with Crippen molar-refractivity contribution < 1.29 is 9.84 Å². The molecule has 2 nitrogen and oxygen atoms in total. The monoisotopic (exact) mass is 137 g/mol. The highest BCUT2D eigenvalue weighted by molar-refractivity contribution is 5.31. The van der Waals surface area contributed by atoms with Gasteiger partial charge in [0, 0.05) is 0 Å². The summed E-state index contributed by atoms with van der Waals surface area (Å²) in [6.45, 7) is 1.40. The molecule has 0 atom stereocenters. The molecule has 0 unspecified atom stereocenters. The average Bonchev–Trinajstić information content (AvgIpc) is 1.94. The summed E-state index contributed by atoms with van der Waals surface area (Å²) < 4.78 is 4.78. The van der Waals surface area contributed by atoms with E-state index in [9.17, 15) is 5.11 Å². The molecule has 2 heteroatoms. The van der Waals surface area contributed by atoms with Gasteiger partial charge in [-0.15, -0.1) is 0 Å². The maximum Gasteiger partial charge on any atom is 0.221 e. The molecule has 0 bridgehead atoms. The zero-order valence-corrected chi connectivity index (χ0v) is 5.83. The summed E-state index contributed by atoms with van der Waals surface area (Å²) in [6, 6.07) is 7.45. The Morgan fingerprint density at radius 3 is 2.70 bits per heavy atom. The molecule has 0 aliphatic heterocycles. The van der Waals surface area contributed by atoms with E-state index >= 15 is 0 Å². The van der Waals surface area contributed by atoms with Crippen LogP contribution in [-0.2, 0) is 5.11 Å². The first kappa shape index (κ1) is 7.09. The molecule has 0 aromatic heterocycles. The van der Waals surface area contributed by atoms with Crippen LogP contribution in [0, 0.1) is 6.92 Å². The number of hydrogen-bond acceptors (Lipinski definition) is 1. The molecule has 1 aromatic carbocycles. The van der Waals surface area contributed by atoms with E-state index < -0.39 is 6.79 Å². The Kier molecular flexibility index (Phi) is 2.29. The van der Waals surface area contributed by atoms with Crippen molar-refractivity contribution in [3.63, 3.8) is 0 Å². The highest BCUT2D eigenvalue weighted by atomic mass is 16.6. The SMILES string of the molecule is Cc1ccccc1OC[O]. The fourth-order valence-corrected chi connectivity index (χ4v) is 0.782. The van der Waals surface area contributed by atoms with E-state index in [1.165, 1.54) is 0 Å². The van der Waals surface area contributed by atoms with Crippen LogP contribution in [0.1, 0.15) is 5.56 Å². The van der Waals surface area contributed by atoms with E-state index in [1.807, 2.05) is 25.1 Å². The zero-order valence-electron chi connectivity index (χ0n) is 5.83. The van der Waals surface area contributed by atoms with Crippen LogP contribution in [0.3, 0.4) is 0 Å². The summed E-state index contributed by atoms with van der Waals surface area (Å²) in [4.78, 5) is 0. The number of ether oxygens (including phenoxy) is 1. The summed E-state index contributed by atoms with van der Waals surface area (Å²) >= 11 is 0. The lowest BCUT2D eigenvalue weighted by atomic mass is 10.2. The predicted octanol–water partition coefficient (Wildman–Crippen LogP) is 1.76. The minimum absolute atomic E-state index is 0.509. The second-order valence-electron chi connectivity index (χ2n) is 2.03. The van der Waals surface area contributed by atoms with Crippen molar-refractivity contribution in [2.24, 2.45) is 0 Å². The van der Waals surface area contributed by atoms with Gasteiger partial charge in [-0.05, 0) is 18.6 Å². The van der Waals surface area contributed by atoms with Crippen molar-refractivity contribution in [2.75, 3.05) is 6.79 Å². The Bertz CT molecular complexity index is 208. The Labute approximate surface area is 60.1 Å². The standard InChI is InChI=1S/C8H9O2/c1-7-4-2-3-5-8(7)10-6-9/h2-5H,6H2,1H3. The number of hydrogen-bond donors (Lipinski definition) is 0. The van der Waals surface area contributed by atoms with Crippen LogP contribution in [0.4, 0.5) is 0 Å².